The standard InChI is InChI=1S/C8H8O2.C6H6O/c1-6-3-2-4-8(10)7(6)5-9;7-6-4-2-1-3-5-6/h2-5,10H,1H3;1-5,7H. The molecule has 0 radical (unpaired) electrons. The van der Waals surface area contributed by atoms with Crippen molar-refractivity contribution < 1.29 is 15.0 Å². The first kappa shape index (κ1) is 12.8. The Morgan fingerprint density at radius 3 is 1.94 bits per heavy atom. The van der Waals surface area contributed by atoms with Crippen molar-refractivity contribution in [1.82, 2.24) is 0 Å². The molecule has 0 bridgehead atoms. The lowest BCUT2D eigenvalue weighted by molar-refractivity contribution is 0.112. The van der Waals surface area contributed by atoms with Gasteiger partial charge in [-0.3, -0.25) is 4.79 Å². The number of phenolic OH excluding ortho intramolecular Hbond substituents is 2. The smallest absolute Gasteiger partial charge is 0.154 e. The molecule has 0 unspecified atom stereocenters. The molecule has 0 spiro atoms. The van der Waals surface area contributed by atoms with Gasteiger partial charge in [-0.2, -0.15) is 0 Å². The minimum absolute atomic E-state index is 0.0509. The van der Waals surface area contributed by atoms with E-state index in [1.54, 1.807) is 43.3 Å². The predicted octanol–water partition coefficient (Wildman–Crippen LogP) is 2.91. The van der Waals surface area contributed by atoms with Crippen LogP contribution in [-0.2, 0) is 0 Å². The third-order valence-electron chi connectivity index (χ3n) is 2.18. The predicted molar refractivity (Wildman–Crippen MR) is 66.3 cm³/mol. The Morgan fingerprint density at radius 2 is 1.59 bits per heavy atom. The number of aryl methyl sites for hydroxylation is 1. The Morgan fingerprint density at radius 1 is 0.941 bits per heavy atom. The van der Waals surface area contributed by atoms with Crippen molar-refractivity contribution in [3.05, 3.63) is 59.7 Å². The number of aromatic hydroxyl groups is 2. The first-order chi connectivity index (χ1) is 8.15. The fourth-order valence-corrected chi connectivity index (χ4v) is 1.25. The summed E-state index contributed by atoms with van der Waals surface area (Å²) in [6, 6.07) is 13.7. The van der Waals surface area contributed by atoms with Crippen molar-refractivity contribution in [3.63, 3.8) is 0 Å². The highest BCUT2D eigenvalue weighted by atomic mass is 16.3. The van der Waals surface area contributed by atoms with Crippen LogP contribution in [0.4, 0.5) is 0 Å². The Hall–Kier alpha value is -2.29. The second kappa shape index (κ2) is 6.33. The average Bonchev–Trinajstić information content (AvgIpc) is 2.31. The Bertz CT molecular complexity index is 458. The van der Waals surface area contributed by atoms with E-state index in [0.29, 0.717) is 17.6 Å². The van der Waals surface area contributed by atoms with Gasteiger partial charge in [-0.25, -0.2) is 0 Å². The summed E-state index contributed by atoms with van der Waals surface area (Å²) in [5.41, 5.74) is 1.18. The Labute approximate surface area is 100.0 Å². The van der Waals surface area contributed by atoms with Crippen LogP contribution in [0.25, 0.3) is 0 Å². The number of hydrogen-bond donors (Lipinski definition) is 2. The van der Waals surface area contributed by atoms with Crippen LogP contribution in [0.5, 0.6) is 11.5 Å². The maximum atomic E-state index is 10.3. The van der Waals surface area contributed by atoms with Crippen LogP contribution in [0.2, 0.25) is 0 Å². The molecule has 3 nitrogen and oxygen atoms in total. The quantitative estimate of drug-likeness (QED) is 0.740. The van der Waals surface area contributed by atoms with Crippen LogP contribution in [0.15, 0.2) is 48.5 Å². The van der Waals surface area contributed by atoms with Gasteiger partial charge in [-0.15, -0.1) is 0 Å². The fourth-order valence-electron chi connectivity index (χ4n) is 1.25. The van der Waals surface area contributed by atoms with Crippen LogP contribution in [0.1, 0.15) is 15.9 Å². The summed E-state index contributed by atoms with van der Waals surface area (Å²) in [6.07, 6.45) is 0.657. The number of hydrogen-bond acceptors (Lipinski definition) is 3. The van der Waals surface area contributed by atoms with Gasteiger partial charge in [0.25, 0.3) is 0 Å². The van der Waals surface area contributed by atoms with E-state index in [1.165, 1.54) is 6.07 Å². The minimum atomic E-state index is 0.0509. The Balaban J connectivity index is 0.000000181. The molecule has 2 rings (SSSR count). The average molecular weight is 230 g/mol. The molecule has 2 N–H and O–H groups in total. The van der Waals surface area contributed by atoms with Crippen molar-refractivity contribution in [2.24, 2.45) is 0 Å². The molecule has 0 atom stereocenters. The van der Waals surface area contributed by atoms with E-state index in [4.69, 9.17) is 10.2 Å². The van der Waals surface area contributed by atoms with E-state index in [2.05, 4.69) is 0 Å². The zero-order valence-electron chi connectivity index (χ0n) is 9.50. The molecular formula is C14H14O3. The van der Waals surface area contributed by atoms with Crippen LogP contribution < -0.4 is 0 Å². The number of benzene rings is 2. The first-order valence-corrected chi connectivity index (χ1v) is 5.13. The van der Waals surface area contributed by atoms with Gasteiger partial charge >= 0.3 is 0 Å². The highest BCUT2D eigenvalue weighted by molar-refractivity contribution is 5.81. The molecule has 0 aliphatic heterocycles. The van der Waals surface area contributed by atoms with Crippen LogP contribution in [-0.4, -0.2) is 16.5 Å². The van der Waals surface area contributed by atoms with Crippen molar-refractivity contribution in [2.45, 2.75) is 6.92 Å². The van der Waals surface area contributed by atoms with E-state index in [-0.39, 0.29) is 5.75 Å². The summed E-state index contributed by atoms with van der Waals surface area (Å²) in [4.78, 5) is 10.3. The van der Waals surface area contributed by atoms with E-state index in [1.807, 2.05) is 6.07 Å². The van der Waals surface area contributed by atoms with Gasteiger partial charge in [0.05, 0.1) is 5.56 Å². The molecular weight excluding hydrogens is 216 g/mol. The van der Waals surface area contributed by atoms with E-state index < -0.39 is 0 Å². The lowest BCUT2D eigenvalue weighted by Gasteiger charge is -1.98. The number of rotatable bonds is 1. The molecule has 0 aromatic heterocycles. The molecule has 0 aliphatic carbocycles. The normalized spacial score (nSPS) is 9.00. The molecule has 0 heterocycles. The molecule has 2 aromatic rings. The van der Waals surface area contributed by atoms with Crippen LogP contribution >= 0.6 is 0 Å². The van der Waals surface area contributed by atoms with Crippen molar-refractivity contribution in [2.75, 3.05) is 0 Å². The molecule has 0 saturated carbocycles. The highest BCUT2D eigenvalue weighted by Gasteiger charge is 2.00. The molecule has 0 amide bonds. The maximum absolute atomic E-state index is 10.3. The summed E-state index contributed by atoms with van der Waals surface area (Å²) in [5, 5.41) is 17.7. The number of aldehydes is 1. The van der Waals surface area contributed by atoms with Gasteiger partial charge in [-0.05, 0) is 30.7 Å². The second-order valence-electron chi connectivity index (χ2n) is 3.46. The number of carbonyl (C=O) groups is 1. The summed E-state index contributed by atoms with van der Waals surface area (Å²) >= 11 is 0. The molecule has 0 aliphatic rings. The molecule has 3 heteroatoms. The monoisotopic (exact) mass is 230 g/mol. The van der Waals surface area contributed by atoms with Gasteiger partial charge < -0.3 is 10.2 Å². The van der Waals surface area contributed by atoms with Gasteiger partial charge in [0.15, 0.2) is 6.29 Å². The minimum Gasteiger partial charge on any atom is -0.508 e. The van der Waals surface area contributed by atoms with E-state index >= 15 is 0 Å². The largest absolute Gasteiger partial charge is 0.508 e. The maximum Gasteiger partial charge on any atom is 0.154 e. The lowest BCUT2D eigenvalue weighted by Crippen LogP contribution is -1.84. The number of phenols is 2. The van der Waals surface area contributed by atoms with Crippen molar-refractivity contribution in [3.8, 4) is 11.5 Å². The van der Waals surface area contributed by atoms with Crippen molar-refractivity contribution in [1.29, 1.82) is 0 Å². The van der Waals surface area contributed by atoms with Gasteiger partial charge in [0.1, 0.15) is 11.5 Å². The summed E-state index contributed by atoms with van der Waals surface area (Å²) < 4.78 is 0. The van der Waals surface area contributed by atoms with Gasteiger partial charge in [0, 0.05) is 0 Å². The molecule has 88 valence electrons. The third-order valence-corrected chi connectivity index (χ3v) is 2.18. The van der Waals surface area contributed by atoms with E-state index in [0.717, 1.165) is 5.56 Å². The SMILES string of the molecule is Cc1cccc(O)c1C=O.Oc1ccccc1. The molecule has 17 heavy (non-hydrogen) atoms. The lowest BCUT2D eigenvalue weighted by atomic mass is 10.1. The zero-order chi connectivity index (χ0) is 12.7. The summed E-state index contributed by atoms with van der Waals surface area (Å²) in [5.74, 6) is 0.373. The fraction of sp³-hybridized carbons (Fsp3) is 0.0714. The number of para-hydroxylation sites is 1. The van der Waals surface area contributed by atoms with Crippen molar-refractivity contribution >= 4 is 6.29 Å². The molecule has 2 aromatic carbocycles. The van der Waals surface area contributed by atoms with E-state index in [9.17, 15) is 4.79 Å². The van der Waals surface area contributed by atoms with Gasteiger partial charge in [0.2, 0.25) is 0 Å². The second-order valence-corrected chi connectivity index (χ2v) is 3.46. The zero-order valence-corrected chi connectivity index (χ0v) is 9.50. The number of carbonyl (C=O) groups excluding carboxylic acids is 1. The third kappa shape index (κ3) is 3.99. The molecule has 0 fully saturated rings. The van der Waals surface area contributed by atoms with Crippen LogP contribution in [0.3, 0.4) is 0 Å². The molecule has 0 saturated heterocycles. The van der Waals surface area contributed by atoms with Gasteiger partial charge in [-0.1, -0.05) is 30.3 Å². The highest BCUT2D eigenvalue weighted by Crippen LogP contribution is 2.17. The topological polar surface area (TPSA) is 57.5 Å². The summed E-state index contributed by atoms with van der Waals surface area (Å²) in [6.45, 7) is 1.78. The van der Waals surface area contributed by atoms with Crippen LogP contribution in [0, 0.1) is 6.92 Å². The first-order valence-electron chi connectivity index (χ1n) is 5.13. The summed E-state index contributed by atoms with van der Waals surface area (Å²) in [7, 11) is 0. The Kier molecular flexibility index (Phi) is 4.76.